The van der Waals surface area contributed by atoms with Gasteiger partial charge in [-0.15, -0.1) is 0 Å². The van der Waals surface area contributed by atoms with Gasteiger partial charge < -0.3 is 19.4 Å². The summed E-state index contributed by atoms with van der Waals surface area (Å²) in [5, 5.41) is 1.75. The number of halogens is 4. The molecule has 1 fully saturated rings. The normalized spacial score (nSPS) is 16.4. The molecule has 160 valence electrons. The smallest absolute Gasteiger partial charge is 0.417 e. The number of aromatic nitrogens is 1. The van der Waals surface area contributed by atoms with Crippen LogP contribution < -0.4 is 5.32 Å². The van der Waals surface area contributed by atoms with Crippen molar-refractivity contribution in [1.29, 1.82) is 0 Å². The van der Waals surface area contributed by atoms with Crippen LogP contribution in [-0.2, 0) is 20.5 Å². The van der Waals surface area contributed by atoms with Crippen LogP contribution >= 0.6 is 11.6 Å². The van der Waals surface area contributed by atoms with E-state index in [1.807, 2.05) is 0 Å². The van der Waals surface area contributed by atoms with E-state index in [1.54, 1.807) is 6.07 Å². The Morgan fingerprint density at radius 2 is 2.13 bits per heavy atom. The van der Waals surface area contributed by atoms with E-state index in [0.29, 0.717) is 31.6 Å². The minimum atomic E-state index is -4.63. The Balaban J connectivity index is 1.55. The molecule has 0 spiro atoms. The van der Waals surface area contributed by atoms with Crippen molar-refractivity contribution in [3.63, 3.8) is 0 Å². The van der Waals surface area contributed by atoms with Crippen LogP contribution in [0.15, 0.2) is 35.1 Å². The molecule has 1 unspecified atom stereocenters. The number of anilines is 1. The average Bonchev–Trinajstić information content (AvgIpc) is 3.38. The van der Waals surface area contributed by atoms with Gasteiger partial charge in [-0.25, -0.2) is 9.78 Å². The number of alkyl halides is 3. The molecule has 0 saturated carbocycles. The maximum absolute atomic E-state index is 12.6. The SMILES string of the molecule is O=C(COC(=O)C1CCCN1C(=O)c1ccco1)Nc1ncc(C(F)(F)F)cc1Cl. The Bertz CT molecular complexity index is 949. The lowest BCUT2D eigenvalue weighted by Gasteiger charge is -2.22. The van der Waals surface area contributed by atoms with Gasteiger partial charge in [0.25, 0.3) is 11.8 Å². The van der Waals surface area contributed by atoms with E-state index in [0.717, 1.165) is 0 Å². The van der Waals surface area contributed by atoms with Gasteiger partial charge in [-0.1, -0.05) is 11.6 Å². The van der Waals surface area contributed by atoms with Gasteiger partial charge in [0.05, 0.1) is 16.8 Å². The van der Waals surface area contributed by atoms with Crippen molar-refractivity contribution >= 4 is 35.2 Å². The largest absolute Gasteiger partial charge is 0.459 e. The van der Waals surface area contributed by atoms with Crippen molar-refractivity contribution < 1.29 is 36.7 Å². The Kier molecular flexibility index (Phi) is 6.30. The summed E-state index contributed by atoms with van der Waals surface area (Å²) in [5.41, 5.74) is -1.07. The zero-order valence-electron chi connectivity index (χ0n) is 15.2. The standard InChI is InChI=1S/C18H15ClF3N3O5/c19-11-7-10(18(20,21)22)8-23-15(11)24-14(26)9-30-17(28)12-3-1-5-25(12)16(27)13-4-2-6-29-13/h2,4,6-8,12H,1,3,5,9H2,(H,23,24,26). The molecule has 1 aliphatic heterocycles. The number of hydrogen-bond donors (Lipinski definition) is 1. The fourth-order valence-electron chi connectivity index (χ4n) is 2.88. The number of furan rings is 1. The summed E-state index contributed by atoms with van der Waals surface area (Å²) in [4.78, 5) is 41.4. The van der Waals surface area contributed by atoms with Gasteiger partial charge in [0.1, 0.15) is 6.04 Å². The molecule has 0 radical (unpaired) electrons. The van der Waals surface area contributed by atoms with E-state index in [-0.39, 0.29) is 11.6 Å². The lowest BCUT2D eigenvalue weighted by Crippen LogP contribution is -2.42. The summed E-state index contributed by atoms with van der Waals surface area (Å²) in [7, 11) is 0. The molecule has 1 aliphatic rings. The molecule has 30 heavy (non-hydrogen) atoms. The second-order valence-corrected chi connectivity index (χ2v) is 6.75. The first-order chi connectivity index (χ1) is 14.2. The Hall–Kier alpha value is -3.08. The van der Waals surface area contributed by atoms with Crippen molar-refractivity contribution in [3.8, 4) is 0 Å². The molecule has 1 N–H and O–H groups in total. The van der Waals surface area contributed by atoms with Crippen molar-refractivity contribution in [2.24, 2.45) is 0 Å². The number of ether oxygens (including phenoxy) is 1. The zero-order chi connectivity index (χ0) is 21.9. The molecule has 1 atom stereocenters. The van der Waals surface area contributed by atoms with Gasteiger partial charge in [-0.3, -0.25) is 9.59 Å². The summed E-state index contributed by atoms with van der Waals surface area (Å²) in [6.07, 6.45) is -1.84. The average molecular weight is 446 g/mol. The second kappa shape index (κ2) is 8.74. The third kappa shape index (κ3) is 4.90. The van der Waals surface area contributed by atoms with Crippen LogP contribution in [0.3, 0.4) is 0 Å². The number of carbonyl (C=O) groups excluding carboxylic acids is 3. The van der Waals surface area contributed by atoms with Crippen molar-refractivity contribution in [3.05, 3.63) is 47.0 Å². The molecule has 0 bridgehead atoms. The molecule has 2 aromatic rings. The van der Waals surface area contributed by atoms with Crippen LogP contribution in [0.1, 0.15) is 29.0 Å². The molecule has 0 aromatic carbocycles. The van der Waals surface area contributed by atoms with Crippen LogP contribution in [0.4, 0.5) is 19.0 Å². The minimum Gasteiger partial charge on any atom is -0.459 e. The Morgan fingerprint density at radius 1 is 1.37 bits per heavy atom. The third-order valence-corrected chi connectivity index (χ3v) is 4.58. The number of carbonyl (C=O) groups is 3. The first kappa shape index (κ1) is 21.6. The Labute approximate surface area is 172 Å². The molecule has 3 rings (SSSR count). The predicted molar refractivity (Wildman–Crippen MR) is 96.6 cm³/mol. The van der Waals surface area contributed by atoms with Crippen molar-refractivity contribution in [2.75, 3.05) is 18.5 Å². The van der Waals surface area contributed by atoms with Gasteiger partial charge in [0.15, 0.2) is 18.2 Å². The summed E-state index contributed by atoms with van der Waals surface area (Å²) in [6, 6.07) is 2.76. The lowest BCUT2D eigenvalue weighted by molar-refractivity contribution is -0.151. The highest BCUT2D eigenvalue weighted by atomic mass is 35.5. The molecular formula is C18H15ClF3N3O5. The van der Waals surface area contributed by atoms with Crippen LogP contribution in [0.2, 0.25) is 5.02 Å². The fraction of sp³-hybridized carbons (Fsp3) is 0.333. The van der Waals surface area contributed by atoms with Crippen molar-refractivity contribution in [1.82, 2.24) is 9.88 Å². The molecule has 2 amide bonds. The van der Waals surface area contributed by atoms with Gasteiger partial charge in [0.2, 0.25) is 0 Å². The van der Waals surface area contributed by atoms with Gasteiger partial charge in [-0.05, 0) is 31.0 Å². The van der Waals surface area contributed by atoms with Gasteiger partial charge >= 0.3 is 12.1 Å². The summed E-state index contributed by atoms with van der Waals surface area (Å²) >= 11 is 5.71. The van der Waals surface area contributed by atoms with E-state index in [4.69, 9.17) is 20.8 Å². The fourth-order valence-corrected chi connectivity index (χ4v) is 3.10. The Morgan fingerprint density at radius 3 is 2.77 bits per heavy atom. The molecular weight excluding hydrogens is 431 g/mol. The van der Waals surface area contributed by atoms with E-state index >= 15 is 0 Å². The number of hydrogen-bond acceptors (Lipinski definition) is 6. The molecule has 1 saturated heterocycles. The van der Waals surface area contributed by atoms with E-state index in [2.05, 4.69) is 10.3 Å². The van der Waals surface area contributed by atoms with E-state index in [9.17, 15) is 27.6 Å². The monoisotopic (exact) mass is 445 g/mol. The second-order valence-electron chi connectivity index (χ2n) is 6.34. The number of likely N-dealkylation sites (tertiary alicyclic amines) is 1. The molecule has 8 nitrogen and oxygen atoms in total. The first-order valence-electron chi connectivity index (χ1n) is 8.70. The third-order valence-electron chi connectivity index (χ3n) is 4.29. The van der Waals surface area contributed by atoms with Crippen LogP contribution in [0, 0.1) is 0 Å². The maximum atomic E-state index is 12.6. The minimum absolute atomic E-state index is 0.0791. The maximum Gasteiger partial charge on any atom is 0.417 e. The van der Waals surface area contributed by atoms with Crippen molar-refractivity contribution in [2.45, 2.75) is 25.1 Å². The number of amides is 2. The molecule has 2 aromatic heterocycles. The number of esters is 1. The number of rotatable bonds is 5. The first-order valence-corrected chi connectivity index (χ1v) is 9.08. The summed E-state index contributed by atoms with van der Waals surface area (Å²) < 4.78 is 47.9. The van der Waals surface area contributed by atoms with Crippen LogP contribution in [0.25, 0.3) is 0 Å². The highest BCUT2D eigenvalue weighted by Gasteiger charge is 2.37. The molecule has 0 aliphatic carbocycles. The summed E-state index contributed by atoms with van der Waals surface area (Å²) in [6.45, 7) is -0.395. The van der Waals surface area contributed by atoms with E-state index < -0.39 is 47.2 Å². The number of nitrogens with zero attached hydrogens (tertiary/aromatic N) is 2. The number of nitrogens with one attached hydrogen (secondary N) is 1. The zero-order valence-corrected chi connectivity index (χ0v) is 16.0. The lowest BCUT2D eigenvalue weighted by atomic mass is 10.2. The highest BCUT2D eigenvalue weighted by molar-refractivity contribution is 6.33. The number of pyridine rings is 1. The highest BCUT2D eigenvalue weighted by Crippen LogP contribution is 2.32. The van der Waals surface area contributed by atoms with Crippen LogP contribution in [0.5, 0.6) is 0 Å². The predicted octanol–water partition coefficient (Wildman–Crippen LogP) is 3.13. The topological polar surface area (TPSA) is 102 Å². The molecule has 12 heteroatoms. The van der Waals surface area contributed by atoms with Gasteiger partial charge in [0, 0.05) is 12.7 Å². The quantitative estimate of drug-likeness (QED) is 0.709. The summed E-state index contributed by atoms with van der Waals surface area (Å²) in [5.74, 6) is -2.32. The van der Waals surface area contributed by atoms with E-state index in [1.165, 1.54) is 17.2 Å². The van der Waals surface area contributed by atoms with Crippen LogP contribution in [-0.4, -0.2) is 46.9 Å². The van der Waals surface area contributed by atoms with Gasteiger partial charge in [-0.2, -0.15) is 13.2 Å². The molecule has 3 heterocycles.